The van der Waals surface area contributed by atoms with Crippen LogP contribution in [0.2, 0.25) is 0 Å². The topological polar surface area (TPSA) is 49.4 Å². The van der Waals surface area contributed by atoms with Gasteiger partial charge in [-0.2, -0.15) is 0 Å². The van der Waals surface area contributed by atoms with E-state index < -0.39 is 0 Å². The van der Waals surface area contributed by atoms with Crippen LogP contribution in [0.4, 0.5) is 4.39 Å². The third-order valence-electron chi connectivity index (χ3n) is 5.02. The van der Waals surface area contributed by atoms with Crippen LogP contribution in [0.1, 0.15) is 47.2 Å². The van der Waals surface area contributed by atoms with E-state index in [0.29, 0.717) is 23.7 Å². The van der Waals surface area contributed by atoms with E-state index in [1.807, 2.05) is 29.2 Å². The molecule has 2 amide bonds. The van der Waals surface area contributed by atoms with Crippen molar-refractivity contribution in [2.24, 2.45) is 0 Å². The highest BCUT2D eigenvalue weighted by atomic mass is 19.1. The average molecular weight is 378 g/mol. The smallest absolute Gasteiger partial charge is 0.251 e. The Labute approximate surface area is 164 Å². The van der Waals surface area contributed by atoms with Gasteiger partial charge >= 0.3 is 0 Å². The summed E-state index contributed by atoms with van der Waals surface area (Å²) in [6, 6.07) is 14.2. The molecule has 5 heteroatoms. The molecule has 0 aliphatic heterocycles. The van der Waals surface area contributed by atoms with Crippen LogP contribution >= 0.6 is 0 Å². The molecule has 0 aromatic heterocycles. The zero-order valence-electron chi connectivity index (χ0n) is 15.6. The van der Waals surface area contributed by atoms with Gasteiger partial charge in [-0.15, -0.1) is 0 Å². The minimum Gasteiger partial charge on any atom is -0.349 e. The van der Waals surface area contributed by atoms with Gasteiger partial charge in [-0.25, -0.2) is 4.39 Å². The van der Waals surface area contributed by atoms with Crippen molar-refractivity contribution in [3.63, 3.8) is 0 Å². The fourth-order valence-corrected chi connectivity index (χ4v) is 3.10. The van der Waals surface area contributed by atoms with Gasteiger partial charge in [0.15, 0.2) is 0 Å². The first-order valence-corrected chi connectivity index (χ1v) is 9.72. The van der Waals surface area contributed by atoms with E-state index in [1.165, 1.54) is 18.2 Å². The average Bonchev–Trinajstić information content (AvgIpc) is 3.59. The lowest BCUT2D eigenvalue weighted by Crippen LogP contribution is -2.31. The molecule has 0 spiro atoms. The zero-order chi connectivity index (χ0) is 19.5. The van der Waals surface area contributed by atoms with Gasteiger partial charge in [0, 0.05) is 30.3 Å². The number of benzene rings is 2. The molecule has 2 aromatic rings. The van der Waals surface area contributed by atoms with Crippen LogP contribution in [0.15, 0.2) is 54.6 Å². The fourth-order valence-electron chi connectivity index (χ4n) is 3.10. The van der Waals surface area contributed by atoms with Crippen LogP contribution in [0, 0.1) is 5.82 Å². The molecule has 2 aromatic carbocycles. The first-order chi connectivity index (χ1) is 13.6. The first-order valence-electron chi connectivity index (χ1n) is 9.72. The third kappa shape index (κ3) is 4.85. The van der Waals surface area contributed by atoms with E-state index in [-0.39, 0.29) is 23.7 Å². The first kappa shape index (κ1) is 18.4. The van der Waals surface area contributed by atoms with Crippen molar-refractivity contribution in [3.8, 4) is 0 Å². The molecule has 2 aliphatic carbocycles. The number of nitrogens with zero attached hydrogens (tertiary/aromatic N) is 1. The lowest BCUT2D eigenvalue weighted by molar-refractivity contribution is -0.127. The number of halogens is 1. The minimum absolute atomic E-state index is 0.0396. The molecule has 0 heterocycles. The number of rotatable bonds is 7. The summed E-state index contributed by atoms with van der Waals surface area (Å²) < 4.78 is 13.3. The largest absolute Gasteiger partial charge is 0.349 e. The molecule has 4 nitrogen and oxygen atoms in total. The third-order valence-corrected chi connectivity index (χ3v) is 5.02. The van der Waals surface area contributed by atoms with E-state index in [4.69, 9.17) is 0 Å². The second-order valence-corrected chi connectivity index (χ2v) is 7.53. The van der Waals surface area contributed by atoms with Gasteiger partial charge in [-0.3, -0.25) is 9.59 Å². The Hall–Kier alpha value is -2.95. The molecule has 0 saturated heterocycles. The summed E-state index contributed by atoms with van der Waals surface area (Å²) in [7, 11) is 0. The molecule has 0 bridgehead atoms. The molecular formula is C23H23FN2O2. The molecule has 1 N–H and O–H groups in total. The Balaban J connectivity index is 1.40. The van der Waals surface area contributed by atoms with Crippen molar-refractivity contribution in [3.05, 3.63) is 77.1 Å². The van der Waals surface area contributed by atoms with Gasteiger partial charge in [0.1, 0.15) is 5.82 Å². The predicted molar refractivity (Wildman–Crippen MR) is 106 cm³/mol. The minimum atomic E-state index is -0.320. The van der Waals surface area contributed by atoms with Crippen molar-refractivity contribution in [1.82, 2.24) is 10.2 Å². The van der Waals surface area contributed by atoms with Crippen LogP contribution in [0.5, 0.6) is 0 Å². The predicted octanol–water partition coefficient (Wildman–Crippen LogP) is 3.92. The van der Waals surface area contributed by atoms with Gasteiger partial charge in [0.05, 0.1) is 0 Å². The SMILES string of the molecule is O=C(NC1CC1)c1ccc(CN(C(=O)/C=C/c2cccc(F)c2)C2CC2)cc1. The van der Waals surface area contributed by atoms with E-state index >= 15 is 0 Å². The Morgan fingerprint density at radius 3 is 2.46 bits per heavy atom. The standard InChI is InChI=1S/C23H23FN2O2/c24-19-3-1-2-16(14-19)6-13-22(27)26(21-11-12-21)15-17-4-7-18(8-5-17)23(28)25-20-9-10-20/h1-8,13-14,20-21H,9-12,15H2,(H,25,28)/b13-6+. The normalized spacial score (nSPS) is 16.2. The monoisotopic (exact) mass is 378 g/mol. The second-order valence-electron chi connectivity index (χ2n) is 7.53. The zero-order valence-corrected chi connectivity index (χ0v) is 15.6. The maximum atomic E-state index is 13.3. The molecule has 0 unspecified atom stereocenters. The van der Waals surface area contributed by atoms with E-state index in [0.717, 1.165) is 31.2 Å². The number of hydrogen-bond donors (Lipinski definition) is 1. The Morgan fingerprint density at radius 1 is 1.07 bits per heavy atom. The Kier molecular flexibility index (Phi) is 5.24. The molecule has 28 heavy (non-hydrogen) atoms. The summed E-state index contributed by atoms with van der Waals surface area (Å²) in [4.78, 5) is 26.6. The van der Waals surface area contributed by atoms with E-state index in [9.17, 15) is 14.0 Å². The Morgan fingerprint density at radius 2 is 1.82 bits per heavy atom. The summed E-state index contributed by atoms with van der Waals surface area (Å²) in [6.07, 6.45) is 7.27. The highest BCUT2D eigenvalue weighted by molar-refractivity contribution is 5.94. The van der Waals surface area contributed by atoms with Gasteiger partial charge in [-0.1, -0.05) is 24.3 Å². The maximum absolute atomic E-state index is 13.3. The van der Waals surface area contributed by atoms with Gasteiger partial charge in [0.25, 0.3) is 5.91 Å². The lowest BCUT2D eigenvalue weighted by Gasteiger charge is -2.21. The van der Waals surface area contributed by atoms with Crippen molar-refractivity contribution in [1.29, 1.82) is 0 Å². The number of nitrogens with one attached hydrogen (secondary N) is 1. The van der Waals surface area contributed by atoms with Gasteiger partial charge < -0.3 is 10.2 Å². The summed E-state index contributed by atoms with van der Waals surface area (Å²) >= 11 is 0. The van der Waals surface area contributed by atoms with Crippen molar-refractivity contribution < 1.29 is 14.0 Å². The molecule has 144 valence electrons. The fraction of sp³-hybridized carbons (Fsp3) is 0.304. The van der Waals surface area contributed by atoms with Crippen LogP contribution in [-0.2, 0) is 11.3 Å². The molecule has 2 aliphatic rings. The van der Waals surface area contributed by atoms with Crippen molar-refractivity contribution in [2.75, 3.05) is 0 Å². The quantitative estimate of drug-likeness (QED) is 0.743. The highest BCUT2D eigenvalue weighted by Crippen LogP contribution is 2.29. The molecule has 2 fully saturated rings. The molecule has 4 rings (SSSR count). The van der Waals surface area contributed by atoms with Gasteiger partial charge in [-0.05, 0) is 67.2 Å². The van der Waals surface area contributed by atoms with Crippen LogP contribution in [-0.4, -0.2) is 28.8 Å². The number of amides is 2. The molecule has 0 radical (unpaired) electrons. The highest BCUT2D eigenvalue weighted by Gasteiger charge is 2.31. The number of hydrogen-bond acceptors (Lipinski definition) is 2. The van der Waals surface area contributed by atoms with Crippen LogP contribution < -0.4 is 5.32 Å². The van der Waals surface area contributed by atoms with E-state index in [2.05, 4.69) is 5.32 Å². The van der Waals surface area contributed by atoms with Crippen molar-refractivity contribution >= 4 is 17.9 Å². The van der Waals surface area contributed by atoms with Crippen LogP contribution in [0.3, 0.4) is 0 Å². The van der Waals surface area contributed by atoms with Gasteiger partial charge in [0.2, 0.25) is 5.91 Å². The number of carbonyl (C=O) groups excluding carboxylic acids is 2. The summed E-state index contributed by atoms with van der Waals surface area (Å²) in [5.74, 6) is -0.441. The Bertz CT molecular complexity index is 899. The van der Waals surface area contributed by atoms with Crippen molar-refractivity contribution in [2.45, 2.75) is 44.3 Å². The molecular weight excluding hydrogens is 355 g/mol. The summed E-state index contributed by atoms with van der Waals surface area (Å²) in [6.45, 7) is 0.502. The molecule has 0 atom stereocenters. The summed E-state index contributed by atoms with van der Waals surface area (Å²) in [5.41, 5.74) is 2.29. The molecule has 2 saturated carbocycles. The van der Waals surface area contributed by atoms with E-state index in [1.54, 1.807) is 18.2 Å². The lowest BCUT2D eigenvalue weighted by atomic mass is 10.1. The second kappa shape index (κ2) is 7.97. The van der Waals surface area contributed by atoms with Crippen LogP contribution in [0.25, 0.3) is 6.08 Å². The maximum Gasteiger partial charge on any atom is 0.251 e. The summed E-state index contributed by atoms with van der Waals surface area (Å²) in [5, 5.41) is 2.97. The number of carbonyl (C=O) groups is 2.